The van der Waals surface area contributed by atoms with Crippen LogP contribution in [0.5, 0.6) is 0 Å². The summed E-state index contributed by atoms with van der Waals surface area (Å²) < 4.78 is 0. The molecule has 1 heterocycles. The van der Waals surface area contributed by atoms with E-state index in [2.05, 4.69) is 86.3 Å². The Morgan fingerprint density at radius 1 is 0.609 bits per heavy atom. The minimum atomic E-state index is 0.723. The summed E-state index contributed by atoms with van der Waals surface area (Å²) in [4.78, 5) is 2.40. The minimum Gasteiger partial charge on any atom is -0.309 e. The summed E-state index contributed by atoms with van der Waals surface area (Å²) in [6.07, 6.45) is 0. The first kappa shape index (κ1) is 14.5. The Kier molecular flexibility index (Phi) is 3.47. The fourth-order valence-corrected chi connectivity index (χ4v) is 4.67. The van der Waals surface area contributed by atoms with Gasteiger partial charge in [-0.1, -0.05) is 49.5 Å². The molecule has 0 spiro atoms. The Morgan fingerprint density at radius 2 is 1.09 bits per heavy atom. The first-order valence-electron chi connectivity index (χ1n) is 7.97. The van der Waals surface area contributed by atoms with E-state index < -0.39 is 0 Å². The molecule has 0 saturated carbocycles. The summed E-state index contributed by atoms with van der Waals surface area (Å²) in [6.45, 7) is 6.48. The molecular weight excluding hydrogens is 297 g/mol. The molecule has 0 N–H and O–H groups in total. The maximum Gasteiger partial charge on any atom is 0.0539 e. The third kappa shape index (κ3) is 2.56. The molecule has 0 aliphatic carbocycles. The topological polar surface area (TPSA) is 3.24 Å². The van der Waals surface area contributed by atoms with Gasteiger partial charge < -0.3 is 4.90 Å². The van der Waals surface area contributed by atoms with Crippen molar-refractivity contribution in [3.05, 3.63) is 77.4 Å². The molecule has 0 saturated heterocycles. The lowest BCUT2D eigenvalue weighted by Crippen LogP contribution is -2.27. The van der Waals surface area contributed by atoms with Gasteiger partial charge in [0.15, 0.2) is 0 Å². The van der Waals surface area contributed by atoms with Gasteiger partial charge >= 0.3 is 0 Å². The highest BCUT2D eigenvalue weighted by molar-refractivity contribution is 7.56. The SMILES string of the molecule is Cc1ccc(N2c3ccc(C)cc3Pc3cc(C)ccc32)cc1. The summed E-state index contributed by atoms with van der Waals surface area (Å²) >= 11 is 0. The molecule has 2 heteroatoms. The summed E-state index contributed by atoms with van der Waals surface area (Å²) in [5.41, 5.74) is 7.81. The Labute approximate surface area is 139 Å². The largest absolute Gasteiger partial charge is 0.309 e. The lowest BCUT2D eigenvalue weighted by Gasteiger charge is -2.34. The van der Waals surface area contributed by atoms with Crippen molar-refractivity contribution in [2.45, 2.75) is 20.8 Å². The van der Waals surface area contributed by atoms with E-state index >= 15 is 0 Å². The van der Waals surface area contributed by atoms with Crippen LogP contribution in [-0.4, -0.2) is 0 Å². The molecular formula is C21H20NP. The van der Waals surface area contributed by atoms with E-state index in [1.54, 1.807) is 0 Å². The van der Waals surface area contributed by atoms with Crippen molar-refractivity contribution in [2.24, 2.45) is 0 Å². The maximum atomic E-state index is 2.40. The highest BCUT2D eigenvalue weighted by Crippen LogP contribution is 2.41. The van der Waals surface area contributed by atoms with Crippen molar-refractivity contribution in [3.63, 3.8) is 0 Å². The average Bonchev–Trinajstić information content (AvgIpc) is 2.53. The number of hydrogen-bond acceptors (Lipinski definition) is 1. The molecule has 0 bridgehead atoms. The molecule has 1 aliphatic heterocycles. The van der Waals surface area contributed by atoms with Crippen LogP contribution in [0.4, 0.5) is 17.1 Å². The van der Waals surface area contributed by atoms with Crippen LogP contribution in [0.3, 0.4) is 0 Å². The van der Waals surface area contributed by atoms with Crippen molar-refractivity contribution >= 4 is 36.3 Å². The smallest absolute Gasteiger partial charge is 0.0539 e. The summed E-state index contributed by atoms with van der Waals surface area (Å²) in [6, 6.07) is 22.4. The van der Waals surface area contributed by atoms with E-state index in [-0.39, 0.29) is 0 Å². The highest BCUT2D eigenvalue weighted by atomic mass is 31.1. The number of fused-ring (bicyclic) bond motifs is 2. The van der Waals surface area contributed by atoms with Gasteiger partial charge in [0, 0.05) is 16.3 Å². The van der Waals surface area contributed by atoms with E-state index in [0.717, 1.165) is 8.58 Å². The number of anilines is 3. The number of nitrogens with zero attached hydrogens (tertiary/aromatic N) is 1. The van der Waals surface area contributed by atoms with Crippen LogP contribution in [0.15, 0.2) is 60.7 Å². The van der Waals surface area contributed by atoms with Gasteiger partial charge in [-0.25, -0.2) is 0 Å². The molecule has 0 radical (unpaired) electrons. The minimum absolute atomic E-state index is 0.723. The normalized spacial score (nSPS) is 12.7. The second-order valence-electron chi connectivity index (χ2n) is 6.34. The number of hydrogen-bond donors (Lipinski definition) is 0. The van der Waals surface area contributed by atoms with Crippen molar-refractivity contribution in [3.8, 4) is 0 Å². The average molecular weight is 317 g/mol. The third-order valence-electron chi connectivity index (χ3n) is 4.35. The second-order valence-corrected chi connectivity index (χ2v) is 7.66. The molecule has 0 fully saturated rings. The van der Waals surface area contributed by atoms with E-state index in [9.17, 15) is 0 Å². The van der Waals surface area contributed by atoms with Gasteiger partial charge in [0.1, 0.15) is 0 Å². The summed E-state index contributed by atoms with van der Waals surface area (Å²) in [7, 11) is 0.723. The highest BCUT2D eigenvalue weighted by Gasteiger charge is 2.24. The zero-order valence-corrected chi connectivity index (χ0v) is 14.7. The lowest BCUT2D eigenvalue weighted by molar-refractivity contribution is 1.28. The van der Waals surface area contributed by atoms with Gasteiger partial charge in [0.25, 0.3) is 0 Å². The molecule has 0 unspecified atom stereocenters. The third-order valence-corrected chi connectivity index (χ3v) is 5.69. The molecule has 114 valence electrons. The fraction of sp³-hybridized carbons (Fsp3) is 0.143. The first-order valence-corrected chi connectivity index (χ1v) is 8.97. The van der Waals surface area contributed by atoms with Crippen LogP contribution in [0.25, 0.3) is 0 Å². The molecule has 4 rings (SSSR count). The van der Waals surface area contributed by atoms with Crippen LogP contribution in [-0.2, 0) is 0 Å². The molecule has 0 aromatic heterocycles. The number of aryl methyl sites for hydroxylation is 3. The summed E-state index contributed by atoms with van der Waals surface area (Å²) in [5.74, 6) is 0. The molecule has 1 nitrogen and oxygen atoms in total. The van der Waals surface area contributed by atoms with Gasteiger partial charge in [-0.3, -0.25) is 0 Å². The fourth-order valence-electron chi connectivity index (χ4n) is 3.14. The summed E-state index contributed by atoms with van der Waals surface area (Å²) in [5, 5.41) is 2.87. The molecule has 3 aromatic rings. The Morgan fingerprint density at radius 3 is 1.61 bits per heavy atom. The molecule has 23 heavy (non-hydrogen) atoms. The van der Waals surface area contributed by atoms with E-state index in [1.807, 2.05) is 0 Å². The molecule has 3 aromatic carbocycles. The first-order chi connectivity index (χ1) is 11.1. The maximum absolute atomic E-state index is 2.40. The number of benzene rings is 3. The van der Waals surface area contributed by atoms with Gasteiger partial charge in [0.2, 0.25) is 0 Å². The van der Waals surface area contributed by atoms with E-state index in [1.165, 1.54) is 44.4 Å². The quantitative estimate of drug-likeness (QED) is 0.445. The molecule has 1 aliphatic rings. The zero-order valence-electron chi connectivity index (χ0n) is 13.7. The predicted octanol–water partition coefficient (Wildman–Crippen LogP) is 5.02. The predicted molar refractivity (Wildman–Crippen MR) is 103 cm³/mol. The monoisotopic (exact) mass is 317 g/mol. The van der Waals surface area contributed by atoms with Crippen LogP contribution in [0.1, 0.15) is 16.7 Å². The Hall–Kier alpha value is -2.11. The van der Waals surface area contributed by atoms with E-state index in [0.29, 0.717) is 0 Å². The van der Waals surface area contributed by atoms with Gasteiger partial charge in [-0.05, 0) is 57.2 Å². The Balaban J connectivity index is 1.95. The van der Waals surface area contributed by atoms with E-state index in [4.69, 9.17) is 0 Å². The van der Waals surface area contributed by atoms with Crippen LogP contribution in [0.2, 0.25) is 0 Å². The van der Waals surface area contributed by atoms with Crippen molar-refractivity contribution in [1.82, 2.24) is 0 Å². The van der Waals surface area contributed by atoms with Crippen molar-refractivity contribution in [1.29, 1.82) is 0 Å². The number of rotatable bonds is 1. The van der Waals surface area contributed by atoms with Crippen LogP contribution < -0.4 is 15.5 Å². The molecule has 0 amide bonds. The Bertz CT molecular complexity index is 829. The standard InChI is InChI=1S/C21H20NP/c1-14-4-8-17(9-5-14)22-18-10-6-15(2)12-20(18)23-21-13-16(3)7-11-19(21)22/h4-13,23H,1-3H3. The van der Waals surface area contributed by atoms with Crippen molar-refractivity contribution in [2.75, 3.05) is 4.90 Å². The van der Waals surface area contributed by atoms with Gasteiger partial charge in [-0.2, -0.15) is 0 Å². The molecule has 0 atom stereocenters. The van der Waals surface area contributed by atoms with Gasteiger partial charge in [0.05, 0.1) is 11.4 Å². The second kappa shape index (κ2) is 5.51. The lowest BCUT2D eigenvalue weighted by atomic mass is 10.1. The van der Waals surface area contributed by atoms with Crippen molar-refractivity contribution < 1.29 is 0 Å². The van der Waals surface area contributed by atoms with Crippen LogP contribution in [0, 0.1) is 20.8 Å². The van der Waals surface area contributed by atoms with Crippen LogP contribution >= 0.6 is 8.58 Å². The van der Waals surface area contributed by atoms with Gasteiger partial charge in [-0.15, -0.1) is 0 Å². The zero-order chi connectivity index (χ0) is 16.0.